The Morgan fingerprint density at radius 2 is 1.50 bits per heavy atom. The van der Waals surface area contributed by atoms with Crippen molar-refractivity contribution >= 4 is 17.2 Å². The van der Waals surface area contributed by atoms with Crippen LogP contribution in [0.25, 0.3) is 0 Å². The fraction of sp³-hybridized carbons (Fsp3) is 0.188. The lowest BCUT2D eigenvalue weighted by molar-refractivity contribution is -0.429. The second-order valence-corrected chi connectivity index (χ2v) is 4.52. The highest BCUT2D eigenvalue weighted by Crippen LogP contribution is 2.21. The maximum absolute atomic E-state index is 2.37. The van der Waals surface area contributed by atoms with E-state index in [-0.39, 0.29) is 0 Å². The number of hydrogen-bond acceptors (Lipinski definition) is 1. The maximum atomic E-state index is 2.37. The Labute approximate surface area is 108 Å². The molecule has 3 rings (SSSR count). The van der Waals surface area contributed by atoms with Gasteiger partial charge in [-0.15, -0.1) is 0 Å². The summed E-state index contributed by atoms with van der Waals surface area (Å²) in [5.41, 5.74) is 2.54. The first kappa shape index (κ1) is 11.0. The molecule has 2 nitrogen and oxygen atoms in total. The van der Waals surface area contributed by atoms with Crippen molar-refractivity contribution in [3.05, 3.63) is 60.7 Å². The Hall–Kier alpha value is -2.09. The third-order valence-corrected chi connectivity index (χ3v) is 3.46. The highest BCUT2D eigenvalue weighted by molar-refractivity contribution is 5.94. The molecule has 0 radical (unpaired) electrons. The molecule has 0 amide bonds. The van der Waals surface area contributed by atoms with E-state index in [0.717, 1.165) is 13.1 Å². The minimum absolute atomic E-state index is 1.05. The SMILES string of the molecule is CC1=[N+](c2ccccc2)CCN1c1ccccc1. The zero-order valence-corrected chi connectivity index (χ0v) is 10.6. The highest BCUT2D eigenvalue weighted by atomic mass is 15.3. The van der Waals surface area contributed by atoms with E-state index in [2.05, 4.69) is 77.1 Å². The summed E-state index contributed by atoms with van der Waals surface area (Å²) in [6.45, 7) is 4.28. The van der Waals surface area contributed by atoms with Crippen LogP contribution in [0.5, 0.6) is 0 Å². The number of rotatable bonds is 2. The van der Waals surface area contributed by atoms with Gasteiger partial charge < -0.3 is 0 Å². The van der Waals surface area contributed by atoms with Crippen molar-refractivity contribution < 1.29 is 4.58 Å². The third-order valence-electron chi connectivity index (χ3n) is 3.46. The predicted octanol–water partition coefficient (Wildman–Crippen LogP) is 3.27. The molecule has 0 unspecified atom stereocenters. The van der Waals surface area contributed by atoms with E-state index < -0.39 is 0 Å². The molecule has 0 bridgehead atoms. The molecule has 0 saturated carbocycles. The number of hydrogen-bond donors (Lipinski definition) is 0. The largest absolute Gasteiger partial charge is 0.254 e. The zero-order chi connectivity index (χ0) is 12.4. The predicted molar refractivity (Wildman–Crippen MR) is 75.7 cm³/mol. The topological polar surface area (TPSA) is 6.25 Å². The van der Waals surface area contributed by atoms with Crippen LogP contribution in [0.1, 0.15) is 6.92 Å². The number of para-hydroxylation sites is 2. The first-order valence-electron chi connectivity index (χ1n) is 6.35. The normalized spacial score (nSPS) is 15.3. The molecule has 90 valence electrons. The summed E-state index contributed by atoms with van der Waals surface area (Å²) >= 11 is 0. The molecule has 2 aromatic rings. The van der Waals surface area contributed by atoms with Gasteiger partial charge in [-0.3, -0.25) is 0 Å². The molecule has 1 aliphatic rings. The molecule has 2 heteroatoms. The van der Waals surface area contributed by atoms with Crippen LogP contribution in [0, 0.1) is 0 Å². The van der Waals surface area contributed by atoms with Crippen LogP contribution < -0.4 is 4.90 Å². The van der Waals surface area contributed by atoms with E-state index in [0.29, 0.717) is 0 Å². The van der Waals surface area contributed by atoms with Crippen LogP contribution in [0.15, 0.2) is 60.7 Å². The molecule has 1 heterocycles. The molecule has 0 fully saturated rings. The van der Waals surface area contributed by atoms with Gasteiger partial charge in [-0.05, 0) is 24.3 Å². The molecule has 18 heavy (non-hydrogen) atoms. The molecule has 1 aliphatic heterocycles. The fourth-order valence-corrected chi connectivity index (χ4v) is 2.52. The molecule has 0 saturated heterocycles. The number of nitrogens with zero attached hydrogens (tertiary/aromatic N) is 2. The lowest BCUT2D eigenvalue weighted by atomic mass is 10.3. The minimum Gasteiger partial charge on any atom is -0.227 e. The van der Waals surface area contributed by atoms with Gasteiger partial charge in [-0.2, -0.15) is 0 Å². The van der Waals surface area contributed by atoms with Crippen LogP contribution >= 0.6 is 0 Å². The van der Waals surface area contributed by atoms with E-state index in [1.807, 2.05) is 0 Å². The Bertz CT molecular complexity index is 558. The second kappa shape index (κ2) is 4.65. The van der Waals surface area contributed by atoms with Gasteiger partial charge in [-0.1, -0.05) is 36.4 Å². The summed E-state index contributed by atoms with van der Waals surface area (Å²) in [7, 11) is 0. The van der Waals surface area contributed by atoms with Gasteiger partial charge in [0.15, 0.2) is 0 Å². The first-order valence-corrected chi connectivity index (χ1v) is 6.35. The van der Waals surface area contributed by atoms with Gasteiger partial charge in [-0.25, -0.2) is 9.48 Å². The highest BCUT2D eigenvalue weighted by Gasteiger charge is 2.28. The fourth-order valence-electron chi connectivity index (χ4n) is 2.52. The van der Waals surface area contributed by atoms with Crippen molar-refractivity contribution in [3.63, 3.8) is 0 Å². The summed E-state index contributed by atoms with van der Waals surface area (Å²) in [4.78, 5) is 2.37. The summed E-state index contributed by atoms with van der Waals surface area (Å²) in [6, 6.07) is 21.1. The molecule has 0 aromatic heterocycles. The van der Waals surface area contributed by atoms with Gasteiger partial charge in [0.2, 0.25) is 0 Å². The van der Waals surface area contributed by atoms with Crippen molar-refractivity contribution in [2.75, 3.05) is 18.0 Å². The van der Waals surface area contributed by atoms with E-state index in [9.17, 15) is 0 Å². The number of amidine groups is 1. The van der Waals surface area contributed by atoms with Crippen molar-refractivity contribution in [1.29, 1.82) is 0 Å². The smallest absolute Gasteiger partial charge is 0.227 e. The van der Waals surface area contributed by atoms with Crippen LogP contribution in [-0.4, -0.2) is 23.5 Å². The van der Waals surface area contributed by atoms with Gasteiger partial charge >= 0.3 is 0 Å². The zero-order valence-electron chi connectivity index (χ0n) is 10.6. The lowest BCUT2D eigenvalue weighted by Gasteiger charge is -2.09. The van der Waals surface area contributed by atoms with Gasteiger partial charge in [0.1, 0.15) is 24.5 Å². The molecular formula is C16H17N2+. The van der Waals surface area contributed by atoms with Crippen molar-refractivity contribution in [2.45, 2.75) is 6.92 Å². The summed E-state index contributed by atoms with van der Waals surface area (Å²) < 4.78 is 2.37. The van der Waals surface area contributed by atoms with Crippen molar-refractivity contribution in [3.8, 4) is 0 Å². The lowest BCUT2D eigenvalue weighted by Crippen LogP contribution is -2.25. The average molecular weight is 237 g/mol. The van der Waals surface area contributed by atoms with Gasteiger partial charge in [0.25, 0.3) is 5.84 Å². The molecular weight excluding hydrogens is 220 g/mol. The molecule has 2 aromatic carbocycles. The molecule has 0 N–H and O–H groups in total. The van der Waals surface area contributed by atoms with Crippen molar-refractivity contribution in [1.82, 2.24) is 0 Å². The average Bonchev–Trinajstić information content (AvgIpc) is 2.83. The van der Waals surface area contributed by atoms with Crippen LogP contribution in [-0.2, 0) is 0 Å². The number of benzene rings is 2. The Morgan fingerprint density at radius 1 is 0.889 bits per heavy atom. The third kappa shape index (κ3) is 1.90. The second-order valence-electron chi connectivity index (χ2n) is 4.52. The number of anilines is 1. The summed E-state index contributed by atoms with van der Waals surface area (Å²) in [5, 5.41) is 0. The quantitative estimate of drug-likeness (QED) is 0.727. The van der Waals surface area contributed by atoms with E-state index in [1.54, 1.807) is 0 Å². The van der Waals surface area contributed by atoms with Crippen LogP contribution in [0.3, 0.4) is 0 Å². The van der Waals surface area contributed by atoms with E-state index >= 15 is 0 Å². The molecule has 0 atom stereocenters. The summed E-state index contributed by atoms with van der Waals surface area (Å²) in [5.74, 6) is 1.30. The Morgan fingerprint density at radius 3 is 2.17 bits per heavy atom. The standard InChI is InChI=1S/C16H17N2/c1-14-17(15-8-4-2-5-9-15)12-13-18(14)16-10-6-3-7-11-16/h2-11H,12-13H2,1H3/q+1. The molecule has 0 aliphatic carbocycles. The van der Waals surface area contributed by atoms with E-state index in [4.69, 9.17) is 0 Å². The van der Waals surface area contributed by atoms with Crippen LogP contribution in [0.2, 0.25) is 0 Å². The minimum atomic E-state index is 1.05. The summed E-state index contributed by atoms with van der Waals surface area (Å²) in [6.07, 6.45) is 0. The monoisotopic (exact) mass is 237 g/mol. The molecule has 0 spiro atoms. The Balaban J connectivity index is 1.97. The van der Waals surface area contributed by atoms with E-state index in [1.165, 1.54) is 17.2 Å². The maximum Gasteiger partial charge on any atom is 0.254 e. The van der Waals surface area contributed by atoms with Crippen LogP contribution in [0.4, 0.5) is 11.4 Å². The van der Waals surface area contributed by atoms with Gasteiger partial charge in [0.05, 0.1) is 0 Å². The van der Waals surface area contributed by atoms with Crippen molar-refractivity contribution in [2.24, 2.45) is 0 Å². The van der Waals surface area contributed by atoms with Gasteiger partial charge in [0, 0.05) is 6.92 Å². The Kier molecular flexibility index (Phi) is 2.85. The first-order chi connectivity index (χ1) is 8.86.